The Balaban J connectivity index is 0.000000709. The van der Waals surface area contributed by atoms with E-state index in [0.29, 0.717) is 0 Å². The van der Waals surface area contributed by atoms with Crippen molar-refractivity contribution in [1.82, 2.24) is 0 Å². The highest BCUT2D eigenvalue weighted by atomic mass is 31.1. The van der Waals surface area contributed by atoms with Crippen LogP contribution in [0.3, 0.4) is 0 Å². The molecule has 0 aliphatic rings. The summed E-state index contributed by atoms with van der Waals surface area (Å²) >= 11 is 0. The summed E-state index contributed by atoms with van der Waals surface area (Å²) in [6, 6.07) is 24.6. The first-order chi connectivity index (χ1) is 17.2. The highest BCUT2D eigenvalue weighted by Crippen LogP contribution is 2.32. The van der Waals surface area contributed by atoms with Gasteiger partial charge in [-0.2, -0.15) is 0 Å². The first kappa shape index (κ1) is 31.7. The molecule has 0 aromatic heterocycles. The smallest absolute Gasteiger partial charge is 0.134 e. The van der Waals surface area contributed by atoms with Gasteiger partial charge in [-0.3, -0.25) is 0 Å². The molecule has 0 fully saturated rings. The largest absolute Gasteiger partial charge is 0.692 e. The van der Waals surface area contributed by atoms with Crippen molar-refractivity contribution < 1.29 is 28.7 Å². The van der Waals surface area contributed by atoms with E-state index >= 15 is 0 Å². The van der Waals surface area contributed by atoms with Crippen LogP contribution in [0.5, 0.6) is 0 Å². The molecular weight excluding hydrogens is 494 g/mol. The van der Waals surface area contributed by atoms with E-state index in [9.17, 15) is 0 Å². The maximum atomic E-state index is 8.70. The molecule has 0 spiro atoms. The van der Waals surface area contributed by atoms with Crippen molar-refractivity contribution in [3.05, 3.63) is 83.4 Å². The summed E-state index contributed by atoms with van der Waals surface area (Å²) in [7, 11) is -5.74. The highest BCUT2D eigenvalue weighted by Gasteiger charge is 2.13. The second kappa shape index (κ2) is 18.0. The zero-order valence-corrected chi connectivity index (χ0v) is 23.1. The topological polar surface area (TPSA) is 115 Å². The van der Waals surface area contributed by atoms with Gasteiger partial charge in [-0.15, -0.1) is 19.6 Å². The van der Waals surface area contributed by atoms with Crippen molar-refractivity contribution in [3.63, 3.8) is 0 Å². The summed E-state index contributed by atoms with van der Waals surface area (Å²) in [5.74, 6) is 0. The van der Waals surface area contributed by atoms with E-state index in [1.807, 2.05) is 0 Å². The molecule has 0 radical (unpaired) electrons. The zero-order chi connectivity index (χ0) is 26.9. The van der Waals surface area contributed by atoms with E-state index in [1.54, 1.807) is 16.7 Å². The predicted octanol–water partition coefficient (Wildman–Crippen LogP) is 7.53. The Morgan fingerprint density at radius 3 is 1.56 bits per heavy atom. The number of unbranched alkanes of at least 4 members (excludes halogenated alkanes) is 2. The first-order valence-corrected chi connectivity index (χ1v) is 14.6. The number of hydrogen-bond donors (Lipinski definition) is 4. The standard InChI is InChI=1S/C28H34.2HO3P/c1-4-7-12-24-20-21-27(28(15-8-5-2)26(24)6-3)25-18-16-23(17-19-25)22-13-10-9-11-14-22;2*1-4(2)3/h9-11,13-14,16-21H,4-8,12,15H2,1-3H3;2*(H-,1,2,3)/p+2. The number of rotatable bonds is 9. The third-order valence-electron chi connectivity index (χ3n) is 5.76. The lowest BCUT2D eigenvalue weighted by Crippen LogP contribution is -2.03. The van der Waals surface area contributed by atoms with Gasteiger partial charge in [0, 0.05) is 9.13 Å². The van der Waals surface area contributed by atoms with E-state index in [1.165, 1.54) is 60.8 Å². The molecule has 0 atom stereocenters. The summed E-state index contributed by atoms with van der Waals surface area (Å²) in [6.45, 7) is 6.90. The van der Waals surface area contributed by atoms with Crippen LogP contribution < -0.4 is 0 Å². The molecule has 3 rings (SSSR count). The lowest BCUT2D eigenvalue weighted by molar-refractivity contribution is 0.403. The van der Waals surface area contributed by atoms with Crippen LogP contribution in [-0.2, 0) is 28.4 Å². The van der Waals surface area contributed by atoms with Crippen molar-refractivity contribution in [2.45, 2.75) is 65.7 Å². The Morgan fingerprint density at radius 2 is 1.06 bits per heavy atom. The molecule has 36 heavy (non-hydrogen) atoms. The summed E-state index contributed by atoms with van der Waals surface area (Å²) in [5.41, 5.74) is 10.1. The highest BCUT2D eigenvalue weighted by molar-refractivity contribution is 7.31. The van der Waals surface area contributed by atoms with Crippen LogP contribution in [0.4, 0.5) is 0 Å². The third kappa shape index (κ3) is 11.6. The second-order valence-electron chi connectivity index (χ2n) is 8.24. The predicted molar refractivity (Wildman–Crippen MR) is 148 cm³/mol. The Bertz CT molecular complexity index is 1050. The third-order valence-corrected chi connectivity index (χ3v) is 5.76. The van der Waals surface area contributed by atoms with E-state index in [-0.39, 0.29) is 0 Å². The number of aryl methyl sites for hydroxylation is 1. The molecule has 0 aliphatic carbocycles. The average molecular weight is 533 g/mol. The fraction of sp³-hybridized carbons (Fsp3) is 0.357. The van der Waals surface area contributed by atoms with Crippen LogP contribution in [0.15, 0.2) is 66.7 Å². The molecule has 0 aliphatic heterocycles. The Labute approximate surface area is 216 Å². The van der Waals surface area contributed by atoms with Crippen molar-refractivity contribution >= 4 is 16.5 Å². The van der Waals surface area contributed by atoms with E-state index in [4.69, 9.17) is 28.7 Å². The maximum absolute atomic E-state index is 8.70. The van der Waals surface area contributed by atoms with E-state index in [2.05, 4.69) is 87.5 Å². The van der Waals surface area contributed by atoms with Crippen LogP contribution in [0.25, 0.3) is 22.3 Å². The van der Waals surface area contributed by atoms with Crippen molar-refractivity contribution in [1.29, 1.82) is 0 Å². The molecule has 6 nitrogen and oxygen atoms in total. The van der Waals surface area contributed by atoms with E-state index < -0.39 is 16.5 Å². The minimum atomic E-state index is -2.87. The lowest BCUT2D eigenvalue weighted by Gasteiger charge is -2.19. The minimum Gasteiger partial charge on any atom is -0.134 e. The molecule has 0 unspecified atom stereocenters. The van der Waals surface area contributed by atoms with Gasteiger partial charge in [-0.1, -0.05) is 100 Å². The van der Waals surface area contributed by atoms with Crippen LogP contribution in [0, 0.1) is 0 Å². The lowest BCUT2D eigenvalue weighted by atomic mass is 9.86. The van der Waals surface area contributed by atoms with Crippen LogP contribution in [0.1, 0.15) is 63.1 Å². The molecule has 0 bridgehead atoms. The van der Waals surface area contributed by atoms with Gasteiger partial charge in [-0.25, -0.2) is 0 Å². The normalized spacial score (nSPS) is 9.97. The Morgan fingerprint density at radius 1 is 0.583 bits per heavy atom. The summed E-state index contributed by atoms with van der Waals surface area (Å²) in [4.78, 5) is 28.5. The molecule has 8 heteroatoms. The fourth-order valence-corrected chi connectivity index (χ4v) is 4.17. The molecule has 0 saturated carbocycles. The van der Waals surface area contributed by atoms with E-state index in [0.717, 1.165) is 6.42 Å². The maximum Gasteiger partial charge on any atom is 0.692 e. The molecule has 3 aromatic rings. The average Bonchev–Trinajstić information content (AvgIpc) is 2.86. The van der Waals surface area contributed by atoms with Gasteiger partial charge in [0.15, 0.2) is 0 Å². The Kier molecular flexibility index (Phi) is 15.9. The summed E-state index contributed by atoms with van der Waals surface area (Å²) in [5, 5.41) is 0. The van der Waals surface area contributed by atoms with Crippen molar-refractivity contribution in [2.75, 3.05) is 0 Å². The molecule has 0 amide bonds. The van der Waals surface area contributed by atoms with Crippen LogP contribution in [0.2, 0.25) is 0 Å². The van der Waals surface area contributed by atoms with Crippen LogP contribution in [-0.4, -0.2) is 19.6 Å². The van der Waals surface area contributed by atoms with Gasteiger partial charge in [0.2, 0.25) is 0 Å². The van der Waals surface area contributed by atoms with Gasteiger partial charge in [-0.05, 0) is 71.0 Å². The molecule has 0 saturated heterocycles. The van der Waals surface area contributed by atoms with Gasteiger partial charge in [0.25, 0.3) is 0 Å². The molecule has 3 aromatic carbocycles. The van der Waals surface area contributed by atoms with Gasteiger partial charge in [0.1, 0.15) is 0 Å². The van der Waals surface area contributed by atoms with Crippen molar-refractivity contribution in [2.24, 2.45) is 0 Å². The second-order valence-corrected chi connectivity index (χ2v) is 9.25. The van der Waals surface area contributed by atoms with Gasteiger partial charge < -0.3 is 0 Å². The monoisotopic (exact) mass is 532 g/mol. The summed E-state index contributed by atoms with van der Waals surface area (Å²) in [6.07, 6.45) is 8.59. The van der Waals surface area contributed by atoms with Gasteiger partial charge >= 0.3 is 16.5 Å². The minimum absolute atomic E-state index is 1.13. The van der Waals surface area contributed by atoms with Gasteiger partial charge in [0.05, 0.1) is 0 Å². The SMILES string of the molecule is CCCCc1ccc(-c2ccc(-c3ccccc3)cc2)c(CCCC)c1CC.O=[P+](O)O.O=[P+](O)O. The Hall–Kier alpha value is -2.30. The quantitative estimate of drug-likeness (QED) is 0.212. The number of hydrogen-bond acceptors (Lipinski definition) is 2. The number of benzene rings is 3. The molecule has 0 heterocycles. The summed E-state index contributed by atoms with van der Waals surface area (Å²) < 4.78 is 17.4. The van der Waals surface area contributed by atoms with Crippen molar-refractivity contribution in [3.8, 4) is 22.3 Å². The van der Waals surface area contributed by atoms with Crippen LogP contribution >= 0.6 is 16.5 Å². The fourth-order valence-electron chi connectivity index (χ4n) is 4.17. The molecular formula is C28H38O6P2+2. The molecule has 4 N–H and O–H groups in total. The first-order valence-electron chi connectivity index (χ1n) is 12.2. The zero-order valence-electron chi connectivity index (χ0n) is 21.3. The molecule has 194 valence electrons.